The molecule has 0 saturated carbocycles. The Kier molecular flexibility index (Phi) is 6.95. The van der Waals surface area contributed by atoms with Gasteiger partial charge >= 0.3 is 6.36 Å². The van der Waals surface area contributed by atoms with Gasteiger partial charge in [0.15, 0.2) is 0 Å². The molecule has 1 fully saturated rings. The van der Waals surface area contributed by atoms with E-state index in [0.29, 0.717) is 28.9 Å². The summed E-state index contributed by atoms with van der Waals surface area (Å²) in [5.74, 6) is -0.855. The third-order valence-corrected chi connectivity index (χ3v) is 6.06. The molecule has 0 bridgehead atoms. The summed E-state index contributed by atoms with van der Waals surface area (Å²) in [6, 6.07) is 15.0. The number of carbonyl (C=O) groups excluding carboxylic acids is 1. The number of likely N-dealkylation sites (N-methyl/N-ethyl adjacent to an activating group) is 1. The average molecular weight is 473 g/mol. The van der Waals surface area contributed by atoms with Crippen LogP contribution < -0.4 is 10.5 Å². The zero-order valence-corrected chi connectivity index (χ0v) is 18.9. The lowest BCUT2D eigenvalue weighted by Crippen LogP contribution is -2.45. The number of carbonyl (C=O) groups is 1. The number of aromatic amines is 1. The van der Waals surface area contributed by atoms with E-state index in [0.717, 1.165) is 43.9 Å². The second kappa shape index (κ2) is 9.90. The van der Waals surface area contributed by atoms with E-state index in [-0.39, 0.29) is 5.75 Å². The number of halogens is 3. The van der Waals surface area contributed by atoms with Crippen LogP contribution in [0.15, 0.2) is 54.6 Å². The standard InChI is InChI=1S/C25H27F3N4O2/c1-31-13-15-32(16-14-31)12-11-20-21(24(29)33)23(17-5-3-2-4-6-17)30-22(20)18-7-9-19(10-8-18)34-25(26,27)28/h2-10,30H,11-16H2,1H3,(H2,29,33). The van der Waals surface area contributed by atoms with Crippen molar-refractivity contribution in [3.05, 3.63) is 65.7 Å². The highest BCUT2D eigenvalue weighted by molar-refractivity contribution is 6.03. The Morgan fingerprint density at radius 2 is 1.59 bits per heavy atom. The highest BCUT2D eigenvalue weighted by atomic mass is 19.4. The Hall–Kier alpha value is -3.30. The summed E-state index contributed by atoms with van der Waals surface area (Å²) in [6.07, 6.45) is -4.19. The van der Waals surface area contributed by atoms with Gasteiger partial charge in [0.2, 0.25) is 0 Å². The highest BCUT2D eigenvalue weighted by Crippen LogP contribution is 2.35. The van der Waals surface area contributed by atoms with Gasteiger partial charge in [-0.3, -0.25) is 4.79 Å². The molecule has 3 aromatic rings. The predicted molar refractivity (Wildman–Crippen MR) is 125 cm³/mol. The molecule has 3 N–H and O–H groups in total. The number of hydrogen-bond acceptors (Lipinski definition) is 4. The summed E-state index contributed by atoms with van der Waals surface area (Å²) in [6.45, 7) is 4.54. The minimum Gasteiger partial charge on any atom is -0.406 e. The van der Waals surface area contributed by atoms with E-state index in [2.05, 4.69) is 26.6 Å². The van der Waals surface area contributed by atoms with Gasteiger partial charge in [0, 0.05) is 38.4 Å². The lowest BCUT2D eigenvalue weighted by atomic mass is 9.98. The zero-order valence-electron chi connectivity index (χ0n) is 18.9. The largest absolute Gasteiger partial charge is 0.573 e. The first kappa shape index (κ1) is 23.8. The van der Waals surface area contributed by atoms with Gasteiger partial charge in [0.25, 0.3) is 5.91 Å². The van der Waals surface area contributed by atoms with Crippen molar-refractivity contribution in [3.63, 3.8) is 0 Å². The van der Waals surface area contributed by atoms with Crippen LogP contribution in [0.5, 0.6) is 5.75 Å². The van der Waals surface area contributed by atoms with Crippen molar-refractivity contribution in [2.45, 2.75) is 12.8 Å². The average Bonchev–Trinajstić information content (AvgIpc) is 3.18. The fraction of sp³-hybridized carbons (Fsp3) is 0.320. The second-order valence-electron chi connectivity index (χ2n) is 8.43. The number of aromatic nitrogens is 1. The first-order valence-electron chi connectivity index (χ1n) is 11.1. The predicted octanol–water partition coefficient (Wildman–Crippen LogP) is 4.14. The molecule has 4 rings (SSSR count). The van der Waals surface area contributed by atoms with Crippen LogP contribution in [0.2, 0.25) is 0 Å². The molecule has 0 spiro atoms. The Morgan fingerprint density at radius 3 is 2.18 bits per heavy atom. The number of nitrogens with one attached hydrogen (secondary N) is 1. The summed E-state index contributed by atoms with van der Waals surface area (Å²) in [5, 5.41) is 0. The molecule has 180 valence electrons. The summed E-state index contributed by atoms with van der Waals surface area (Å²) in [5.41, 5.74) is 9.73. The first-order chi connectivity index (χ1) is 16.2. The van der Waals surface area contributed by atoms with E-state index >= 15 is 0 Å². The summed E-state index contributed by atoms with van der Waals surface area (Å²) in [4.78, 5) is 20.5. The lowest BCUT2D eigenvalue weighted by molar-refractivity contribution is -0.274. The van der Waals surface area contributed by atoms with E-state index in [1.807, 2.05) is 30.3 Å². The van der Waals surface area contributed by atoms with Crippen LogP contribution in [0.25, 0.3) is 22.5 Å². The Bertz CT molecular complexity index is 1120. The summed E-state index contributed by atoms with van der Waals surface area (Å²) < 4.78 is 41.7. The lowest BCUT2D eigenvalue weighted by Gasteiger charge is -2.32. The number of piperazine rings is 1. The van der Waals surface area contributed by atoms with Crippen molar-refractivity contribution < 1.29 is 22.7 Å². The molecule has 6 nitrogen and oxygen atoms in total. The van der Waals surface area contributed by atoms with Gasteiger partial charge in [-0.05, 0) is 54.4 Å². The van der Waals surface area contributed by atoms with Gasteiger partial charge in [0.05, 0.1) is 11.3 Å². The van der Waals surface area contributed by atoms with Gasteiger partial charge in [-0.25, -0.2) is 0 Å². The van der Waals surface area contributed by atoms with Gasteiger partial charge in [-0.15, -0.1) is 13.2 Å². The van der Waals surface area contributed by atoms with Crippen LogP contribution in [-0.2, 0) is 6.42 Å². The Balaban J connectivity index is 1.72. The van der Waals surface area contributed by atoms with Crippen LogP contribution in [0.3, 0.4) is 0 Å². The number of nitrogens with zero attached hydrogens (tertiary/aromatic N) is 2. The molecule has 1 aromatic heterocycles. The van der Waals surface area contributed by atoms with E-state index in [9.17, 15) is 18.0 Å². The van der Waals surface area contributed by atoms with Crippen molar-refractivity contribution in [1.29, 1.82) is 0 Å². The number of amides is 1. The molecule has 1 amide bonds. The van der Waals surface area contributed by atoms with Gasteiger partial charge < -0.3 is 25.3 Å². The maximum atomic E-state index is 12.6. The molecule has 0 aliphatic carbocycles. The fourth-order valence-electron chi connectivity index (χ4n) is 4.29. The van der Waals surface area contributed by atoms with E-state index in [4.69, 9.17) is 5.73 Å². The summed E-state index contributed by atoms with van der Waals surface area (Å²) >= 11 is 0. The minimum absolute atomic E-state index is 0.305. The quantitative estimate of drug-likeness (QED) is 0.542. The number of benzene rings is 2. The second-order valence-corrected chi connectivity index (χ2v) is 8.43. The topological polar surface area (TPSA) is 74.6 Å². The Morgan fingerprint density at radius 1 is 0.971 bits per heavy atom. The molecule has 1 aliphatic heterocycles. The van der Waals surface area contributed by atoms with Gasteiger partial charge in [-0.1, -0.05) is 30.3 Å². The number of ether oxygens (including phenoxy) is 1. The third-order valence-electron chi connectivity index (χ3n) is 6.06. The number of primary amides is 1. The van der Waals surface area contributed by atoms with Crippen molar-refractivity contribution in [2.75, 3.05) is 39.8 Å². The Labute approximate surface area is 196 Å². The molecule has 0 unspecified atom stereocenters. The van der Waals surface area contributed by atoms with E-state index in [1.165, 1.54) is 12.1 Å². The van der Waals surface area contributed by atoms with Crippen molar-refractivity contribution in [1.82, 2.24) is 14.8 Å². The maximum absolute atomic E-state index is 12.6. The number of H-pyrrole nitrogens is 1. The molecular weight excluding hydrogens is 445 g/mol. The molecular formula is C25H27F3N4O2. The zero-order chi connectivity index (χ0) is 24.3. The van der Waals surface area contributed by atoms with Crippen molar-refractivity contribution in [2.24, 2.45) is 5.73 Å². The van der Waals surface area contributed by atoms with E-state index in [1.54, 1.807) is 12.1 Å². The number of nitrogens with two attached hydrogens (primary N) is 1. The highest BCUT2D eigenvalue weighted by Gasteiger charge is 2.31. The van der Waals surface area contributed by atoms with Crippen LogP contribution in [0.1, 0.15) is 15.9 Å². The molecule has 9 heteroatoms. The van der Waals surface area contributed by atoms with Crippen LogP contribution >= 0.6 is 0 Å². The molecule has 0 atom stereocenters. The normalized spacial score (nSPS) is 15.4. The van der Waals surface area contributed by atoms with Crippen LogP contribution in [0, 0.1) is 0 Å². The number of hydrogen-bond donors (Lipinski definition) is 2. The first-order valence-corrected chi connectivity index (χ1v) is 11.1. The minimum atomic E-state index is -4.76. The molecule has 1 aliphatic rings. The molecule has 0 radical (unpaired) electrons. The molecule has 34 heavy (non-hydrogen) atoms. The van der Waals surface area contributed by atoms with Crippen LogP contribution in [0.4, 0.5) is 13.2 Å². The SMILES string of the molecule is CN1CCN(CCc2c(-c3ccc(OC(F)(F)F)cc3)[nH]c(-c3ccccc3)c2C(N)=O)CC1. The fourth-order valence-corrected chi connectivity index (χ4v) is 4.29. The van der Waals surface area contributed by atoms with Crippen LogP contribution in [-0.4, -0.2) is 66.8 Å². The third kappa shape index (κ3) is 5.60. The number of alkyl halides is 3. The number of rotatable bonds is 7. The van der Waals surface area contributed by atoms with Gasteiger partial charge in [0.1, 0.15) is 5.75 Å². The molecule has 1 saturated heterocycles. The molecule has 2 aromatic carbocycles. The smallest absolute Gasteiger partial charge is 0.406 e. The monoisotopic (exact) mass is 472 g/mol. The molecule has 2 heterocycles. The van der Waals surface area contributed by atoms with Crippen molar-refractivity contribution >= 4 is 5.91 Å². The maximum Gasteiger partial charge on any atom is 0.573 e. The van der Waals surface area contributed by atoms with E-state index < -0.39 is 12.3 Å². The van der Waals surface area contributed by atoms with Gasteiger partial charge in [-0.2, -0.15) is 0 Å². The van der Waals surface area contributed by atoms with Crippen molar-refractivity contribution in [3.8, 4) is 28.3 Å². The summed E-state index contributed by atoms with van der Waals surface area (Å²) in [7, 11) is 2.09.